The lowest BCUT2D eigenvalue weighted by Gasteiger charge is -2.15. The minimum Gasteiger partial charge on any atom is -0.336 e. The first kappa shape index (κ1) is 26.5. The fraction of sp³-hybridized carbons (Fsp3) is 0.200. The average Bonchev–Trinajstić information content (AvgIpc) is 3.51. The minimum absolute atomic E-state index is 0.146. The number of rotatable bonds is 9. The molecule has 0 saturated heterocycles. The summed E-state index contributed by atoms with van der Waals surface area (Å²) in [5, 5.41) is 20.2. The maximum Gasteiger partial charge on any atom is 0.293 e. The standard InChI is InChI=1S/C30H30N8O2/c1-4-5-9-20-10-6-7-11-24(20)29(39)33-25-13-8-12-23(19(25)2)26-18-38(3)30(40)28(32-26)31-22-16-14-21(15-17-22)27-34-36-37-35-27/h6-8,10-18H,4-5,9H2,1-3H3,(H,31,32)(H,33,39)(H,34,35,36,37). The van der Waals surface area contributed by atoms with Crippen molar-refractivity contribution in [3.63, 3.8) is 0 Å². The number of carbonyl (C=O) groups is 1. The van der Waals surface area contributed by atoms with Crippen LogP contribution in [0.25, 0.3) is 22.6 Å². The van der Waals surface area contributed by atoms with Crippen LogP contribution in [0.1, 0.15) is 41.3 Å². The molecule has 10 heteroatoms. The number of benzene rings is 3. The zero-order valence-electron chi connectivity index (χ0n) is 22.6. The van der Waals surface area contributed by atoms with Crippen LogP contribution >= 0.6 is 0 Å². The molecule has 5 aromatic rings. The van der Waals surface area contributed by atoms with Crippen LogP contribution in [-0.2, 0) is 13.5 Å². The van der Waals surface area contributed by atoms with Gasteiger partial charge in [-0.1, -0.05) is 43.7 Å². The highest BCUT2D eigenvalue weighted by molar-refractivity contribution is 6.06. The number of hydrogen-bond donors (Lipinski definition) is 3. The first-order chi connectivity index (χ1) is 19.4. The highest BCUT2D eigenvalue weighted by Crippen LogP contribution is 2.29. The molecule has 0 saturated carbocycles. The van der Waals surface area contributed by atoms with E-state index in [9.17, 15) is 9.59 Å². The number of anilines is 3. The molecule has 0 aliphatic rings. The van der Waals surface area contributed by atoms with Gasteiger partial charge in [-0.3, -0.25) is 9.59 Å². The quantitative estimate of drug-likeness (QED) is 0.235. The molecule has 2 aromatic heterocycles. The number of nitrogens with zero attached hydrogens (tertiary/aromatic N) is 5. The van der Waals surface area contributed by atoms with Gasteiger partial charge in [0.25, 0.3) is 11.5 Å². The Morgan fingerprint density at radius 1 is 1.02 bits per heavy atom. The van der Waals surface area contributed by atoms with Crippen LogP contribution in [0.15, 0.2) is 77.7 Å². The maximum absolute atomic E-state index is 13.3. The van der Waals surface area contributed by atoms with E-state index in [1.807, 2.05) is 73.7 Å². The van der Waals surface area contributed by atoms with Crippen LogP contribution in [0.2, 0.25) is 0 Å². The van der Waals surface area contributed by atoms with Crippen molar-refractivity contribution in [3.8, 4) is 22.6 Å². The number of nitrogens with one attached hydrogen (secondary N) is 3. The summed E-state index contributed by atoms with van der Waals surface area (Å²) in [4.78, 5) is 30.8. The van der Waals surface area contributed by atoms with E-state index in [0.29, 0.717) is 28.5 Å². The number of aromatic nitrogens is 6. The molecule has 1 amide bonds. The smallest absolute Gasteiger partial charge is 0.293 e. The average molecular weight is 535 g/mol. The molecule has 40 heavy (non-hydrogen) atoms. The molecule has 0 bridgehead atoms. The summed E-state index contributed by atoms with van der Waals surface area (Å²) in [7, 11) is 1.69. The van der Waals surface area contributed by atoms with E-state index in [-0.39, 0.29) is 17.3 Å². The molecular weight excluding hydrogens is 504 g/mol. The third-order valence-corrected chi connectivity index (χ3v) is 6.74. The molecule has 0 fully saturated rings. The van der Waals surface area contributed by atoms with Crippen molar-refractivity contribution in [2.75, 3.05) is 10.6 Å². The van der Waals surface area contributed by atoms with Gasteiger partial charge in [0.1, 0.15) is 0 Å². The van der Waals surface area contributed by atoms with Crippen LogP contribution in [0.4, 0.5) is 17.2 Å². The zero-order chi connectivity index (χ0) is 28.1. The summed E-state index contributed by atoms with van der Waals surface area (Å²) >= 11 is 0. The normalized spacial score (nSPS) is 10.9. The summed E-state index contributed by atoms with van der Waals surface area (Å²) in [6.45, 7) is 4.07. The second-order valence-electron chi connectivity index (χ2n) is 9.52. The van der Waals surface area contributed by atoms with Crippen LogP contribution < -0.4 is 16.2 Å². The molecule has 5 rings (SSSR count). The molecule has 3 N–H and O–H groups in total. The number of H-pyrrole nitrogens is 1. The molecule has 0 aliphatic carbocycles. The maximum atomic E-state index is 13.3. The monoisotopic (exact) mass is 534 g/mol. The largest absolute Gasteiger partial charge is 0.336 e. The van der Waals surface area contributed by atoms with E-state index in [0.717, 1.165) is 41.5 Å². The lowest BCUT2D eigenvalue weighted by atomic mass is 10.0. The van der Waals surface area contributed by atoms with Crippen molar-refractivity contribution in [2.45, 2.75) is 33.1 Å². The van der Waals surface area contributed by atoms with Gasteiger partial charge in [-0.2, -0.15) is 5.21 Å². The van der Waals surface area contributed by atoms with E-state index < -0.39 is 0 Å². The van der Waals surface area contributed by atoms with E-state index >= 15 is 0 Å². The molecule has 0 spiro atoms. The molecule has 0 atom stereocenters. The molecule has 0 unspecified atom stereocenters. The van der Waals surface area contributed by atoms with Crippen molar-refractivity contribution < 1.29 is 4.79 Å². The highest BCUT2D eigenvalue weighted by Gasteiger charge is 2.16. The van der Waals surface area contributed by atoms with Gasteiger partial charge in [-0.15, -0.1) is 10.2 Å². The van der Waals surface area contributed by atoms with Gasteiger partial charge in [0.15, 0.2) is 5.82 Å². The van der Waals surface area contributed by atoms with Gasteiger partial charge in [0.2, 0.25) is 5.82 Å². The van der Waals surface area contributed by atoms with Crippen LogP contribution in [-0.4, -0.2) is 36.1 Å². The van der Waals surface area contributed by atoms with E-state index in [2.05, 4.69) is 43.2 Å². The number of amides is 1. The SMILES string of the molecule is CCCCc1ccccc1C(=O)Nc1cccc(-c2cn(C)c(=O)c(Nc3ccc(-c4nn[nH]n4)cc3)n2)c1C. The first-order valence-corrected chi connectivity index (χ1v) is 13.1. The Labute approximate surface area is 231 Å². The second-order valence-corrected chi connectivity index (χ2v) is 9.52. The number of unbranched alkanes of at least 4 members (excludes halogenated alkanes) is 1. The Morgan fingerprint density at radius 2 is 1.82 bits per heavy atom. The Balaban J connectivity index is 1.41. The zero-order valence-corrected chi connectivity index (χ0v) is 22.6. The minimum atomic E-state index is -0.267. The van der Waals surface area contributed by atoms with E-state index in [4.69, 9.17) is 0 Å². The molecule has 202 valence electrons. The van der Waals surface area contributed by atoms with Gasteiger partial charge in [0.05, 0.1) is 5.69 Å². The third kappa shape index (κ3) is 5.65. The number of aryl methyl sites for hydroxylation is 2. The van der Waals surface area contributed by atoms with E-state index in [1.165, 1.54) is 4.57 Å². The Kier molecular flexibility index (Phi) is 7.77. The molecule has 10 nitrogen and oxygen atoms in total. The van der Waals surface area contributed by atoms with Crippen LogP contribution in [0, 0.1) is 6.92 Å². The molecular formula is C30H30N8O2. The Hall–Kier alpha value is -5.12. The van der Waals surface area contributed by atoms with Gasteiger partial charge < -0.3 is 15.2 Å². The summed E-state index contributed by atoms with van der Waals surface area (Å²) in [5.41, 5.74) is 5.88. The van der Waals surface area contributed by atoms with Gasteiger partial charge >= 0.3 is 0 Å². The van der Waals surface area contributed by atoms with Crippen LogP contribution in [0.5, 0.6) is 0 Å². The molecule has 0 aliphatic heterocycles. The summed E-state index contributed by atoms with van der Waals surface area (Å²) < 4.78 is 1.49. The van der Waals surface area contributed by atoms with Crippen molar-refractivity contribution in [1.82, 2.24) is 30.2 Å². The van der Waals surface area contributed by atoms with Crippen molar-refractivity contribution >= 4 is 23.1 Å². The van der Waals surface area contributed by atoms with Crippen LogP contribution in [0.3, 0.4) is 0 Å². The van der Waals surface area contributed by atoms with E-state index in [1.54, 1.807) is 13.2 Å². The fourth-order valence-corrected chi connectivity index (χ4v) is 4.51. The topological polar surface area (TPSA) is 130 Å². The van der Waals surface area contributed by atoms with Crippen molar-refractivity contribution in [2.24, 2.45) is 7.05 Å². The Morgan fingerprint density at radius 3 is 2.58 bits per heavy atom. The lowest BCUT2D eigenvalue weighted by molar-refractivity contribution is 0.102. The molecule has 0 radical (unpaired) electrons. The van der Waals surface area contributed by atoms with Gasteiger partial charge in [-0.25, -0.2) is 4.98 Å². The van der Waals surface area contributed by atoms with Gasteiger partial charge in [-0.05, 0) is 72.5 Å². The first-order valence-electron chi connectivity index (χ1n) is 13.1. The highest BCUT2D eigenvalue weighted by atomic mass is 16.1. The summed E-state index contributed by atoms with van der Waals surface area (Å²) in [6.07, 6.45) is 4.64. The van der Waals surface area contributed by atoms with Crippen molar-refractivity contribution in [3.05, 3.63) is 100.0 Å². The fourth-order valence-electron chi connectivity index (χ4n) is 4.51. The summed E-state index contributed by atoms with van der Waals surface area (Å²) in [6, 6.07) is 20.7. The number of hydrogen-bond acceptors (Lipinski definition) is 7. The predicted octanol–water partition coefficient (Wildman–Crippen LogP) is 5.27. The van der Waals surface area contributed by atoms with Gasteiger partial charge in [0, 0.05) is 41.3 Å². The number of aromatic amines is 1. The predicted molar refractivity (Wildman–Crippen MR) is 156 cm³/mol. The third-order valence-electron chi connectivity index (χ3n) is 6.74. The molecule has 2 heterocycles. The Bertz CT molecular complexity index is 1690. The lowest BCUT2D eigenvalue weighted by Crippen LogP contribution is -2.21. The van der Waals surface area contributed by atoms with Crippen molar-refractivity contribution in [1.29, 1.82) is 0 Å². The second kappa shape index (κ2) is 11.7. The molecule has 3 aromatic carbocycles. The number of carbonyl (C=O) groups excluding carboxylic acids is 1. The summed E-state index contributed by atoms with van der Waals surface area (Å²) in [5.74, 6) is 0.521. The number of tetrazole rings is 1.